The van der Waals surface area contributed by atoms with Gasteiger partial charge in [0.2, 0.25) is 0 Å². The summed E-state index contributed by atoms with van der Waals surface area (Å²) in [5, 5.41) is 3.23. The number of thiophene rings is 1. The van der Waals surface area contributed by atoms with Crippen molar-refractivity contribution < 1.29 is 0 Å². The van der Waals surface area contributed by atoms with Crippen molar-refractivity contribution >= 4 is 22.7 Å². The van der Waals surface area contributed by atoms with Gasteiger partial charge in [0.1, 0.15) is 0 Å². The van der Waals surface area contributed by atoms with Gasteiger partial charge in [-0.05, 0) is 24.9 Å². The molecule has 0 bridgehead atoms. The van der Waals surface area contributed by atoms with Crippen LogP contribution in [0.15, 0.2) is 17.5 Å². The van der Waals surface area contributed by atoms with Crippen LogP contribution in [0, 0.1) is 6.92 Å². The highest BCUT2D eigenvalue weighted by molar-refractivity contribution is 7.15. The van der Waals surface area contributed by atoms with E-state index in [0.717, 1.165) is 17.1 Å². The molecule has 0 amide bonds. The van der Waals surface area contributed by atoms with Crippen LogP contribution in [0.1, 0.15) is 9.88 Å². The Kier molecular flexibility index (Phi) is 2.96. The first-order chi connectivity index (χ1) is 6.81. The lowest BCUT2D eigenvalue weighted by Crippen LogP contribution is -2.01. The molecule has 0 atom stereocenters. The van der Waals surface area contributed by atoms with Crippen molar-refractivity contribution in [2.75, 3.05) is 6.54 Å². The molecule has 0 unspecified atom stereocenters. The van der Waals surface area contributed by atoms with E-state index in [2.05, 4.69) is 29.4 Å². The van der Waals surface area contributed by atoms with Crippen molar-refractivity contribution in [3.8, 4) is 10.6 Å². The maximum absolute atomic E-state index is 5.51. The average molecular weight is 224 g/mol. The molecule has 14 heavy (non-hydrogen) atoms. The summed E-state index contributed by atoms with van der Waals surface area (Å²) >= 11 is 3.49. The Morgan fingerprint density at radius 1 is 1.50 bits per heavy atom. The minimum atomic E-state index is 0.677. The minimum Gasteiger partial charge on any atom is -0.330 e. The van der Waals surface area contributed by atoms with Crippen LogP contribution in [0.2, 0.25) is 0 Å². The highest BCUT2D eigenvalue weighted by Gasteiger charge is 2.09. The van der Waals surface area contributed by atoms with Crippen molar-refractivity contribution in [3.63, 3.8) is 0 Å². The molecule has 2 nitrogen and oxygen atoms in total. The Labute approximate surface area is 91.4 Å². The summed E-state index contributed by atoms with van der Waals surface area (Å²) in [4.78, 5) is 7.13. The van der Waals surface area contributed by atoms with Gasteiger partial charge in [0, 0.05) is 11.3 Å². The molecule has 0 aliphatic rings. The number of rotatable bonds is 3. The Morgan fingerprint density at radius 2 is 2.36 bits per heavy atom. The quantitative estimate of drug-likeness (QED) is 0.870. The summed E-state index contributed by atoms with van der Waals surface area (Å²) in [6.07, 6.45) is 0.886. The Hall–Kier alpha value is -0.710. The Balaban J connectivity index is 2.35. The molecule has 0 aliphatic carbocycles. The lowest BCUT2D eigenvalue weighted by molar-refractivity contribution is 0.954. The summed E-state index contributed by atoms with van der Waals surface area (Å²) in [5.41, 5.74) is 6.64. The van der Waals surface area contributed by atoms with Gasteiger partial charge in [0.15, 0.2) is 0 Å². The third-order valence-electron chi connectivity index (χ3n) is 1.95. The van der Waals surface area contributed by atoms with Gasteiger partial charge < -0.3 is 5.73 Å². The molecule has 0 radical (unpaired) electrons. The zero-order valence-corrected chi connectivity index (χ0v) is 9.62. The van der Waals surface area contributed by atoms with Gasteiger partial charge in [-0.1, -0.05) is 6.07 Å². The van der Waals surface area contributed by atoms with Crippen LogP contribution < -0.4 is 5.73 Å². The van der Waals surface area contributed by atoms with E-state index < -0.39 is 0 Å². The molecule has 0 aromatic carbocycles. The summed E-state index contributed by atoms with van der Waals surface area (Å²) < 4.78 is 0. The van der Waals surface area contributed by atoms with E-state index in [1.165, 1.54) is 9.75 Å². The fourth-order valence-corrected chi connectivity index (χ4v) is 3.12. The fraction of sp³-hybridized carbons (Fsp3) is 0.300. The van der Waals surface area contributed by atoms with E-state index in [0.29, 0.717) is 6.54 Å². The van der Waals surface area contributed by atoms with Gasteiger partial charge in [-0.25, -0.2) is 4.98 Å². The van der Waals surface area contributed by atoms with E-state index >= 15 is 0 Å². The van der Waals surface area contributed by atoms with Crippen LogP contribution >= 0.6 is 22.7 Å². The predicted octanol–water partition coefficient (Wildman–Crippen LogP) is 2.68. The second-order valence-electron chi connectivity index (χ2n) is 3.03. The van der Waals surface area contributed by atoms with E-state index in [9.17, 15) is 0 Å². The number of thiazole rings is 1. The number of hydrogen-bond donors (Lipinski definition) is 1. The zero-order valence-electron chi connectivity index (χ0n) is 7.99. The second-order valence-corrected chi connectivity index (χ2v) is 5.26. The SMILES string of the molecule is Cc1sc(CCN)nc1-c1cccs1. The largest absolute Gasteiger partial charge is 0.330 e. The predicted molar refractivity (Wildman–Crippen MR) is 62.9 cm³/mol. The molecule has 2 aromatic rings. The summed E-state index contributed by atoms with van der Waals surface area (Å²) in [6, 6.07) is 4.17. The summed E-state index contributed by atoms with van der Waals surface area (Å²) in [5.74, 6) is 0. The van der Waals surface area contributed by atoms with Gasteiger partial charge in [-0.3, -0.25) is 0 Å². The van der Waals surface area contributed by atoms with Crippen LogP contribution in [-0.2, 0) is 6.42 Å². The van der Waals surface area contributed by atoms with Crippen LogP contribution in [-0.4, -0.2) is 11.5 Å². The van der Waals surface area contributed by atoms with Crippen molar-refractivity contribution in [1.29, 1.82) is 0 Å². The maximum atomic E-state index is 5.51. The molecule has 0 saturated carbocycles. The number of nitrogens with two attached hydrogens (primary N) is 1. The van der Waals surface area contributed by atoms with E-state index in [4.69, 9.17) is 5.73 Å². The monoisotopic (exact) mass is 224 g/mol. The van der Waals surface area contributed by atoms with Crippen LogP contribution in [0.3, 0.4) is 0 Å². The van der Waals surface area contributed by atoms with Gasteiger partial charge in [-0.2, -0.15) is 0 Å². The van der Waals surface area contributed by atoms with E-state index in [-0.39, 0.29) is 0 Å². The molecule has 2 heterocycles. The third kappa shape index (κ3) is 1.87. The first-order valence-electron chi connectivity index (χ1n) is 4.51. The summed E-state index contributed by atoms with van der Waals surface area (Å²) in [6.45, 7) is 2.80. The number of hydrogen-bond acceptors (Lipinski definition) is 4. The molecule has 2 aromatic heterocycles. The van der Waals surface area contributed by atoms with Crippen molar-refractivity contribution in [1.82, 2.24) is 4.98 Å². The van der Waals surface area contributed by atoms with Crippen LogP contribution in [0.4, 0.5) is 0 Å². The van der Waals surface area contributed by atoms with Gasteiger partial charge in [0.25, 0.3) is 0 Å². The third-order valence-corrected chi connectivity index (χ3v) is 3.86. The molecule has 4 heteroatoms. The second kappa shape index (κ2) is 4.21. The maximum Gasteiger partial charge on any atom is 0.0948 e. The normalized spacial score (nSPS) is 10.7. The molecule has 0 spiro atoms. The number of nitrogens with zero attached hydrogens (tertiary/aromatic N) is 1. The van der Waals surface area contributed by atoms with Crippen LogP contribution in [0.5, 0.6) is 0 Å². The molecular formula is C10H12N2S2. The highest BCUT2D eigenvalue weighted by atomic mass is 32.1. The highest BCUT2D eigenvalue weighted by Crippen LogP contribution is 2.30. The smallest absolute Gasteiger partial charge is 0.0948 e. The lowest BCUT2D eigenvalue weighted by Gasteiger charge is -1.91. The standard InChI is InChI=1S/C10H12N2S2/c1-7-10(8-3-2-6-13-8)12-9(14-7)4-5-11/h2-3,6H,4-5,11H2,1H3. The minimum absolute atomic E-state index is 0.677. The van der Waals surface area contributed by atoms with Crippen LogP contribution in [0.25, 0.3) is 10.6 Å². The molecular weight excluding hydrogens is 212 g/mol. The first kappa shape index (κ1) is 9.83. The van der Waals surface area contributed by atoms with Gasteiger partial charge >= 0.3 is 0 Å². The molecule has 0 saturated heterocycles. The molecule has 74 valence electrons. The Morgan fingerprint density at radius 3 is 3.00 bits per heavy atom. The van der Waals surface area contributed by atoms with Gasteiger partial charge in [-0.15, -0.1) is 22.7 Å². The fourth-order valence-electron chi connectivity index (χ4n) is 1.32. The summed E-state index contributed by atoms with van der Waals surface area (Å²) in [7, 11) is 0. The lowest BCUT2D eigenvalue weighted by atomic mass is 10.3. The first-order valence-corrected chi connectivity index (χ1v) is 6.21. The van der Waals surface area contributed by atoms with Crippen molar-refractivity contribution in [3.05, 3.63) is 27.4 Å². The van der Waals surface area contributed by atoms with E-state index in [1.54, 1.807) is 22.7 Å². The number of aromatic nitrogens is 1. The molecule has 0 aliphatic heterocycles. The molecule has 2 rings (SSSR count). The average Bonchev–Trinajstić information content (AvgIpc) is 2.74. The molecule has 0 fully saturated rings. The van der Waals surface area contributed by atoms with Crippen molar-refractivity contribution in [2.24, 2.45) is 5.73 Å². The topological polar surface area (TPSA) is 38.9 Å². The number of aryl methyl sites for hydroxylation is 1. The zero-order chi connectivity index (χ0) is 9.97. The van der Waals surface area contributed by atoms with E-state index in [1.807, 2.05) is 0 Å². The molecule has 2 N–H and O–H groups in total. The van der Waals surface area contributed by atoms with Crippen molar-refractivity contribution in [2.45, 2.75) is 13.3 Å². The Bertz CT molecular complexity index is 404. The van der Waals surface area contributed by atoms with Gasteiger partial charge in [0.05, 0.1) is 15.6 Å².